The first-order chi connectivity index (χ1) is 11.1. The topological polar surface area (TPSA) is 48.9 Å². The maximum absolute atomic E-state index is 5.32. The number of halogens is 1. The smallest absolute Gasteiger partial charge is 0.191 e. The van der Waals surface area contributed by atoms with Crippen LogP contribution in [0.25, 0.3) is 0 Å². The number of guanidine groups is 1. The van der Waals surface area contributed by atoms with E-state index in [2.05, 4.69) is 54.5 Å². The predicted molar refractivity (Wildman–Crippen MR) is 113 cm³/mol. The molecule has 0 bridgehead atoms. The lowest BCUT2D eigenvalue weighted by Gasteiger charge is -2.19. The maximum atomic E-state index is 5.32. The fourth-order valence-corrected chi connectivity index (χ4v) is 2.84. The average molecular weight is 446 g/mol. The molecule has 24 heavy (non-hydrogen) atoms. The largest absolute Gasteiger partial charge is 0.497 e. The first kappa shape index (κ1) is 20.9. The Morgan fingerprint density at radius 1 is 1.42 bits per heavy atom. The van der Waals surface area contributed by atoms with Crippen LogP contribution in [0.15, 0.2) is 29.3 Å². The van der Waals surface area contributed by atoms with Gasteiger partial charge in [0.2, 0.25) is 0 Å². The van der Waals surface area contributed by atoms with E-state index < -0.39 is 0 Å². The Labute approximate surface area is 163 Å². The second-order valence-corrected chi connectivity index (χ2v) is 6.32. The summed E-state index contributed by atoms with van der Waals surface area (Å²) >= 11 is 0. The van der Waals surface area contributed by atoms with Crippen molar-refractivity contribution in [1.29, 1.82) is 0 Å². The van der Waals surface area contributed by atoms with E-state index in [4.69, 9.17) is 9.73 Å². The average Bonchev–Trinajstić information content (AvgIpc) is 3.01. The second kappa shape index (κ2) is 10.6. The highest BCUT2D eigenvalue weighted by Gasteiger charge is 2.22. The number of rotatable bonds is 6. The molecule has 6 heteroatoms. The quantitative estimate of drug-likeness (QED) is 0.401. The van der Waals surface area contributed by atoms with E-state index in [1.807, 2.05) is 6.07 Å². The molecule has 0 aromatic heterocycles. The highest BCUT2D eigenvalue weighted by Crippen LogP contribution is 2.26. The summed E-state index contributed by atoms with van der Waals surface area (Å²) in [6, 6.07) is 8.69. The van der Waals surface area contributed by atoms with Gasteiger partial charge in [0.25, 0.3) is 0 Å². The third kappa shape index (κ3) is 6.37. The van der Waals surface area contributed by atoms with Crippen LogP contribution in [0.3, 0.4) is 0 Å². The van der Waals surface area contributed by atoms with Crippen molar-refractivity contribution in [3.8, 4) is 5.75 Å². The van der Waals surface area contributed by atoms with Gasteiger partial charge >= 0.3 is 0 Å². The first-order valence-electron chi connectivity index (χ1n) is 8.56. The number of ether oxygens (including phenoxy) is 1. The van der Waals surface area contributed by atoms with Gasteiger partial charge < -0.3 is 20.3 Å². The summed E-state index contributed by atoms with van der Waals surface area (Å²) in [7, 11) is 1.71. The monoisotopic (exact) mass is 446 g/mol. The van der Waals surface area contributed by atoms with Crippen LogP contribution in [0.2, 0.25) is 0 Å². The summed E-state index contributed by atoms with van der Waals surface area (Å²) in [6.45, 7) is 10.2. The number of nitrogens with one attached hydrogen (secondary N) is 2. The van der Waals surface area contributed by atoms with Crippen molar-refractivity contribution in [3.05, 3.63) is 24.3 Å². The van der Waals surface area contributed by atoms with E-state index >= 15 is 0 Å². The third-order valence-electron chi connectivity index (χ3n) is 3.98. The van der Waals surface area contributed by atoms with Crippen LogP contribution in [0.1, 0.15) is 27.2 Å². The summed E-state index contributed by atoms with van der Waals surface area (Å²) in [5.41, 5.74) is 1.24. The number of anilines is 1. The molecule has 1 aliphatic rings. The summed E-state index contributed by atoms with van der Waals surface area (Å²) in [4.78, 5) is 7.16. The third-order valence-corrected chi connectivity index (χ3v) is 3.98. The van der Waals surface area contributed by atoms with E-state index in [0.29, 0.717) is 12.0 Å². The number of nitrogens with zero attached hydrogens (tertiary/aromatic N) is 2. The van der Waals surface area contributed by atoms with E-state index in [0.717, 1.165) is 37.9 Å². The molecule has 2 N–H and O–H groups in total. The minimum atomic E-state index is 0. The number of aliphatic imine (C=N–C) groups is 1. The van der Waals surface area contributed by atoms with Gasteiger partial charge in [-0.15, -0.1) is 24.0 Å². The van der Waals surface area contributed by atoms with Gasteiger partial charge in [0, 0.05) is 44.0 Å². The van der Waals surface area contributed by atoms with Gasteiger partial charge in [-0.05, 0) is 45.2 Å². The Kier molecular flexibility index (Phi) is 9.25. The van der Waals surface area contributed by atoms with Gasteiger partial charge in [0.1, 0.15) is 5.75 Å². The van der Waals surface area contributed by atoms with Crippen LogP contribution >= 0.6 is 24.0 Å². The molecular formula is C18H31IN4O. The fraction of sp³-hybridized carbons (Fsp3) is 0.611. The molecular weight excluding hydrogens is 415 g/mol. The Balaban J connectivity index is 0.00000288. The highest BCUT2D eigenvalue weighted by atomic mass is 127. The zero-order valence-electron chi connectivity index (χ0n) is 15.2. The van der Waals surface area contributed by atoms with Gasteiger partial charge in [-0.25, -0.2) is 0 Å². The lowest BCUT2D eigenvalue weighted by Crippen LogP contribution is -2.41. The number of hydrogen-bond acceptors (Lipinski definition) is 3. The van der Waals surface area contributed by atoms with Crippen molar-refractivity contribution in [2.24, 2.45) is 10.9 Å². The molecule has 1 unspecified atom stereocenters. The van der Waals surface area contributed by atoms with Crippen molar-refractivity contribution >= 4 is 35.6 Å². The van der Waals surface area contributed by atoms with E-state index in [1.54, 1.807) is 7.11 Å². The van der Waals surface area contributed by atoms with Crippen LogP contribution in [0.4, 0.5) is 5.69 Å². The van der Waals surface area contributed by atoms with Crippen LogP contribution in [0.5, 0.6) is 5.75 Å². The molecule has 136 valence electrons. The van der Waals surface area contributed by atoms with E-state index in [9.17, 15) is 0 Å². The van der Waals surface area contributed by atoms with Gasteiger partial charge in [0.15, 0.2) is 5.96 Å². The van der Waals surface area contributed by atoms with Gasteiger partial charge in [-0.1, -0.05) is 6.07 Å². The highest BCUT2D eigenvalue weighted by molar-refractivity contribution is 14.0. The van der Waals surface area contributed by atoms with E-state index in [1.165, 1.54) is 12.1 Å². The zero-order valence-corrected chi connectivity index (χ0v) is 17.5. The van der Waals surface area contributed by atoms with E-state index in [-0.39, 0.29) is 24.0 Å². The molecule has 0 aliphatic carbocycles. The molecule has 1 saturated heterocycles. The fourth-order valence-electron chi connectivity index (χ4n) is 2.84. The molecule has 1 aromatic carbocycles. The lowest BCUT2D eigenvalue weighted by molar-refractivity contribution is 0.415. The van der Waals surface area contributed by atoms with Crippen molar-refractivity contribution in [2.75, 3.05) is 38.2 Å². The Bertz CT molecular complexity index is 521. The number of hydrogen-bond donors (Lipinski definition) is 2. The Morgan fingerprint density at radius 3 is 2.88 bits per heavy atom. The molecule has 0 amide bonds. The van der Waals surface area contributed by atoms with Crippen molar-refractivity contribution < 1.29 is 4.74 Å². The summed E-state index contributed by atoms with van der Waals surface area (Å²) in [5.74, 6) is 2.44. The van der Waals surface area contributed by atoms with Crippen LogP contribution in [0, 0.1) is 5.92 Å². The molecule has 2 rings (SSSR count). The standard InChI is InChI=1S/C18H30N4O.HI/c1-5-19-18(21-14(2)3)20-12-15-9-10-22(13-15)16-7-6-8-17(11-16)23-4;/h6-8,11,14-15H,5,9-10,12-13H2,1-4H3,(H2,19,20,21);1H. The van der Waals surface area contributed by atoms with Gasteiger partial charge in [-0.3, -0.25) is 4.99 Å². The van der Waals surface area contributed by atoms with Crippen LogP contribution < -0.4 is 20.3 Å². The molecule has 0 spiro atoms. The Morgan fingerprint density at radius 2 is 2.21 bits per heavy atom. The minimum Gasteiger partial charge on any atom is -0.497 e. The summed E-state index contributed by atoms with van der Waals surface area (Å²) in [5, 5.41) is 6.68. The summed E-state index contributed by atoms with van der Waals surface area (Å²) in [6.07, 6.45) is 1.18. The molecule has 5 nitrogen and oxygen atoms in total. The van der Waals surface area contributed by atoms with Crippen molar-refractivity contribution in [1.82, 2.24) is 10.6 Å². The zero-order chi connectivity index (χ0) is 16.7. The van der Waals surface area contributed by atoms with Crippen LogP contribution in [-0.4, -0.2) is 45.3 Å². The van der Waals surface area contributed by atoms with Gasteiger partial charge in [0.05, 0.1) is 7.11 Å². The van der Waals surface area contributed by atoms with Crippen molar-refractivity contribution in [3.63, 3.8) is 0 Å². The number of benzene rings is 1. The molecule has 1 atom stereocenters. The maximum Gasteiger partial charge on any atom is 0.191 e. The molecule has 1 aliphatic heterocycles. The first-order valence-corrected chi connectivity index (χ1v) is 8.56. The minimum absolute atomic E-state index is 0. The predicted octanol–water partition coefficient (Wildman–Crippen LogP) is 3.10. The molecule has 1 heterocycles. The Hall–Kier alpha value is -1.18. The lowest BCUT2D eigenvalue weighted by atomic mass is 10.1. The molecule has 0 saturated carbocycles. The normalized spacial score (nSPS) is 17.6. The summed E-state index contributed by atoms with van der Waals surface area (Å²) < 4.78 is 5.32. The number of methoxy groups -OCH3 is 1. The van der Waals surface area contributed by atoms with Crippen molar-refractivity contribution in [2.45, 2.75) is 33.2 Å². The van der Waals surface area contributed by atoms with Crippen LogP contribution in [-0.2, 0) is 0 Å². The second-order valence-electron chi connectivity index (χ2n) is 6.32. The molecule has 1 fully saturated rings. The molecule has 0 radical (unpaired) electrons. The SMILES string of the molecule is CCNC(=NCC1CCN(c2cccc(OC)c2)C1)NC(C)C.I. The van der Waals surface area contributed by atoms with Gasteiger partial charge in [-0.2, -0.15) is 0 Å². The molecule has 1 aromatic rings.